The van der Waals surface area contributed by atoms with Gasteiger partial charge in [0, 0.05) is 18.6 Å². The van der Waals surface area contributed by atoms with Crippen molar-refractivity contribution in [2.24, 2.45) is 5.73 Å². The molecule has 0 amide bonds. The highest BCUT2D eigenvalue weighted by Crippen LogP contribution is 2.30. The third kappa shape index (κ3) is 2.38. The van der Waals surface area contributed by atoms with Crippen molar-refractivity contribution in [3.8, 4) is 0 Å². The number of hydrogen-bond acceptors (Lipinski definition) is 2. The van der Waals surface area contributed by atoms with E-state index in [1.54, 1.807) is 0 Å². The average Bonchev–Trinajstić information content (AvgIpc) is 2.94. The van der Waals surface area contributed by atoms with Crippen molar-refractivity contribution in [2.45, 2.75) is 31.8 Å². The second-order valence-electron chi connectivity index (χ2n) is 5.55. The highest BCUT2D eigenvalue weighted by Gasteiger charge is 2.27. The van der Waals surface area contributed by atoms with Crippen LogP contribution in [-0.4, -0.2) is 24.0 Å². The number of rotatable bonds is 3. The van der Waals surface area contributed by atoms with Gasteiger partial charge in [0.1, 0.15) is 0 Å². The molecule has 100 valence electrons. The largest absolute Gasteiger partial charge is 0.329 e. The number of benzene rings is 2. The molecule has 0 spiro atoms. The first kappa shape index (κ1) is 12.6. The smallest absolute Gasteiger partial charge is 0.0323 e. The molecule has 2 N–H and O–H groups in total. The van der Waals surface area contributed by atoms with E-state index in [0.29, 0.717) is 12.1 Å². The SMILES string of the molecule is CC(c1ccc2ccccc2c1)N1CCCC1CN. The van der Waals surface area contributed by atoms with Crippen LogP contribution in [0.4, 0.5) is 0 Å². The Labute approximate surface area is 115 Å². The van der Waals surface area contributed by atoms with E-state index < -0.39 is 0 Å². The molecular weight excluding hydrogens is 232 g/mol. The Morgan fingerprint density at radius 3 is 2.79 bits per heavy atom. The van der Waals surface area contributed by atoms with Gasteiger partial charge in [-0.15, -0.1) is 0 Å². The number of fused-ring (bicyclic) bond motifs is 1. The lowest BCUT2D eigenvalue weighted by molar-refractivity contribution is 0.197. The van der Waals surface area contributed by atoms with E-state index in [9.17, 15) is 0 Å². The van der Waals surface area contributed by atoms with Crippen LogP contribution in [0.5, 0.6) is 0 Å². The van der Waals surface area contributed by atoms with E-state index >= 15 is 0 Å². The Bertz CT molecular complexity index is 564. The zero-order chi connectivity index (χ0) is 13.2. The van der Waals surface area contributed by atoms with Crippen molar-refractivity contribution >= 4 is 10.8 Å². The Balaban J connectivity index is 1.90. The molecule has 1 heterocycles. The van der Waals surface area contributed by atoms with Crippen LogP contribution in [0, 0.1) is 0 Å². The first-order valence-corrected chi connectivity index (χ1v) is 7.24. The summed E-state index contributed by atoms with van der Waals surface area (Å²) in [6, 6.07) is 16.4. The standard InChI is InChI=1S/C17H22N2/c1-13(19-10-4-7-17(19)12-18)15-9-8-14-5-2-3-6-16(14)11-15/h2-3,5-6,8-9,11,13,17H,4,7,10,12,18H2,1H3. The van der Waals surface area contributed by atoms with E-state index in [-0.39, 0.29) is 0 Å². The molecule has 3 rings (SSSR count). The molecule has 1 aliphatic heterocycles. The van der Waals surface area contributed by atoms with Crippen LogP contribution in [0.3, 0.4) is 0 Å². The molecule has 0 aliphatic carbocycles. The summed E-state index contributed by atoms with van der Waals surface area (Å²) < 4.78 is 0. The Kier molecular flexibility index (Phi) is 3.54. The maximum Gasteiger partial charge on any atom is 0.0323 e. The first-order valence-electron chi connectivity index (χ1n) is 7.24. The minimum absolute atomic E-state index is 0.459. The summed E-state index contributed by atoms with van der Waals surface area (Å²) in [6.45, 7) is 4.26. The second kappa shape index (κ2) is 5.32. The van der Waals surface area contributed by atoms with Crippen molar-refractivity contribution < 1.29 is 0 Å². The monoisotopic (exact) mass is 254 g/mol. The van der Waals surface area contributed by atoms with Gasteiger partial charge in [-0.1, -0.05) is 36.4 Å². The average molecular weight is 254 g/mol. The Morgan fingerprint density at radius 1 is 1.21 bits per heavy atom. The summed E-state index contributed by atoms with van der Waals surface area (Å²) >= 11 is 0. The lowest BCUT2D eigenvalue weighted by Gasteiger charge is -2.30. The predicted octanol–water partition coefficient (Wildman–Crippen LogP) is 3.32. The van der Waals surface area contributed by atoms with Crippen molar-refractivity contribution in [1.29, 1.82) is 0 Å². The first-order chi connectivity index (χ1) is 9.29. The van der Waals surface area contributed by atoms with Crippen LogP contribution in [0.15, 0.2) is 42.5 Å². The minimum Gasteiger partial charge on any atom is -0.329 e. The Morgan fingerprint density at radius 2 is 2.00 bits per heavy atom. The van der Waals surface area contributed by atoms with Crippen LogP contribution in [0.2, 0.25) is 0 Å². The summed E-state index contributed by atoms with van der Waals surface area (Å²) in [7, 11) is 0. The lowest BCUT2D eigenvalue weighted by atomic mass is 10.0. The van der Waals surface area contributed by atoms with E-state index in [4.69, 9.17) is 5.73 Å². The van der Waals surface area contributed by atoms with Gasteiger partial charge < -0.3 is 5.73 Å². The molecule has 19 heavy (non-hydrogen) atoms. The van der Waals surface area contributed by atoms with Crippen molar-refractivity contribution in [3.63, 3.8) is 0 Å². The quantitative estimate of drug-likeness (QED) is 0.910. The summed E-state index contributed by atoms with van der Waals surface area (Å²) in [4.78, 5) is 2.56. The molecule has 2 unspecified atom stereocenters. The highest BCUT2D eigenvalue weighted by atomic mass is 15.2. The fourth-order valence-electron chi connectivity index (χ4n) is 3.28. The van der Waals surface area contributed by atoms with Crippen LogP contribution < -0.4 is 5.73 Å². The van der Waals surface area contributed by atoms with Crippen LogP contribution in [0.1, 0.15) is 31.4 Å². The molecule has 0 radical (unpaired) electrons. The third-order valence-corrected chi connectivity index (χ3v) is 4.45. The van der Waals surface area contributed by atoms with E-state index in [1.165, 1.54) is 35.7 Å². The van der Waals surface area contributed by atoms with Crippen molar-refractivity contribution in [1.82, 2.24) is 4.90 Å². The normalized spacial score (nSPS) is 21.9. The zero-order valence-electron chi connectivity index (χ0n) is 11.5. The molecule has 0 bridgehead atoms. The Hall–Kier alpha value is -1.38. The molecule has 2 atom stereocenters. The van der Waals surface area contributed by atoms with Gasteiger partial charge in [0.15, 0.2) is 0 Å². The van der Waals surface area contributed by atoms with Crippen LogP contribution in [0.25, 0.3) is 10.8 Å². The third-order valence-electron chi connectivity index (χ3n) is 4.45. The molecule has 2 nitrogen and oxygen atoms in total. The van der Waals surface area contributed by atoms with E-state index in [1.807, 2.05) is 0 Å². The van der Waals surface area contributed by atoms with E-state index in [2.05, 4.69) is 54.3 Å². The van der Waals surface area contributed by atoms with Gasteiger partial charge in [0.25, 0.3) is 0 Å². The zero-order valence-corrected chi connectivity index (χ0v) is 11.5. The fourth-order valence-corrected chi connectivity index (χ4v) is 3.28. The van der Waals surface area contributed by atoms with E-state index in [0.717, 1.165) is 6.54 Å². The summed E-state index contributed by atoms with van der Waals surface area (Å²) in [5.74, 6) is 0. The van der Waals surface area contributed by atoms with Gasteiger partial charge in [0.05, 0.1) is 0 Å². The van der Waals surface area contributed by atoms with Gasteiger partial charge in [0.2, 0.25) is 0 Å². The lowest BCUT2D eigenvalue weighted by Crippen LogP contribution is -2.37. The topological polar surface area (TPSA) is 29.3 Å². The summed E-state index contributed by atoms with van der Waals surface area (Å²) in [5.41, 5.74) is 7.29. The number of nitrogens with zero attached hydrogens (tertiary/aromatic N) is 1. The molecule has 0 aromatic heterocycles. The molecule has 2 aromatic carbocycles. The summed E-state index contributed by atoms with van der Waals surface area (Å²) in [5, 5.41) is 2.64. The second-order valence-corrected chi connectivity index (χ2v) is 5.55. The predicted molar refractivity (Wildman–Crippen MR) is 81.1 cm³/mol. The highest BCUT2D eigenvalue weighted by molar-refractivity contribution is 5.83. The number of likely N-dealkylation sites (tertiary alicyclic amines) is 1. The molecule has 1 aliphatic rings. The maximum atomic E-state index is 5.89. The van der Waals surface area contributed by atoms with Gasteiger partial charge in [-0.25, -0.2) is 0 Å². The van der Waals surface area contributed by atoms with Crippen molar-refractivity contribution in [2.75, 3.05) is 13.1 Å². The maximum absolute atomic E-state index is 5.89. The number of nitrogens with two attached hydrogens (primary N) is 1. The van der Waals surface area contributed by atoms with Gasteiger partial charge in [-0.05, 0) is 48.7 Å². The molecule has 1 saturated heterocycles. The molecule has 2 heteroatoms. The molecule has 0 saturated carbocycles. The summed E-state index contributed by atoms with van der Waals surface area (Å²) in [6.07, 6.45) is 2.52. The van der Waals surface area contributed by atoms with Crippen molar-refractivity contribution in [3.05, 3.63) is 48.0 Å². The fraction of sp³-hybridized carbons (Fsp3) is 0.412. The van der Waals surface area contributed by atoms with Gasteiger partial charge in [-0.2, -0.15) is 0 Å². The molecule has 1 fully saturated rings. The van der Waals surface area contributed by atoms with Gasteiger partial charge >= 0.3 is 0 Å². The molecule has 2 aromatic rings. The minimum atomic E-state index is 0.459. The van der Waals surface area contributed by atoms with Crippen LogP contribution >= 0.6 is 0 Å². The van der Waals surface area contributed by atoms with Gasteiger partial charge in [-0.3, -0.25) is 4.90 Å². The number of hydrogen-bond donors (Lipinski definition) is 1. The van der Waals surface area contributed by atoms with Crippen LogP contribution in [-0.2, 0) is 0 Å². The molecular formula is C17H22N2.